The summed E-state index contributed by atoms with van der Waals surface area (Å²) in [5.41, 5.74) is 5.00. The second-order valence-corrected chi connectivity index (χ2v) is 5.93. The minimum atomic E-state index is 0.429. The Morgan fingerprint density at radius 3 is 2.77 bits per heavy atom. The topological polar surface area (TPSA) is 94.6 Å². The van der Waals surface area contributed by atoms with E-state index in [1.54, 1.807) is 11.0 Å². The lowest BCUT2D eigenvalue weighted by molar-refractivity contribution is 0.384. The first-order valence-electron chi connectivity index (χ1n) is 8.17. The normalized spacial score (nSPS) is 10.8. The smallest absolute Gasteiger partial charge is 0.246 e. The first-order chi connectivity index (χ1) is 12.7. The van der Waals surface area contributed by atoms with Gasteiger partial charge in [-0.25, -0.2) is 4.68 Å². The molecule has 2 heterocycles. The van der Waals surface area contributed by atoms with Crippen LogP contribution in [-0.2, 0) is 6.54 Å². The van der Waals surface area contributed by atoms with Crippen molar-refractivity contribution < 1.29 is 4.52 Å². The third-order valence-corrected chi connectivity index (χ3v) is 4.12. The number of anilines is 1. The van der Waals surface area contributed by atoms with Crippen LogP contribution >= 0.6 is 0 Å². The van der Waals surface area contributed by atoms with Gasteiger partial charge in [0.15, 0.2) is 0 Å². The molecule has 0 fully saturated rings. The molecule has 2 aromatic carbocycles. The van der Waals surface area contributed by atoms with Crippen LogP contribution < -0.4 is 5.32 Å². The van der Waals surface area contributed by atoms with Crippen molar-refractivity contribution in [1.29, 1.82) is 0 Å². The minimum absolute atomic E-state index is 0.429. The summed E-state index contributed by atoms with van der Waals surface area (Å²) in [5.74, 6) is 1.12. The summed E-state index contributed by atoms with van der Waals surface area (Å²) in [5, 5.41) is 18.6. The van der Waals surface area contributed by atoms with E-state index in [2.05, 4.69) is 31.0 Å². The second-order valence-electron chi connectivity index (χ2n) is 5.93. The first kappa shape index (κ1) is 15.9. The van der Waals surface area contributed by atoms with E-state index in [1.165, 1.54) is 0 Å². The van der Waals surface area contributed by atoms with Gasteiger partial charge in [-0.1, -0.05) is 35.5 Å². The van der Waals surface area contributed by atoms with Crippen LogP contribution in [0.5, 0.6) is 0 Å². The number of rotatable bonds is 5. The molecule has 8 nitrogen and oxygen atoms in total. The maximum Gasteiger partial charge on any atom is 0.246 e. The molecule has 0 bridgehead atoms. The van der Waals surface area contributed by atoms with Crippen LogP contribution in [0.3, 0.4) is 0 Å². The average Bonchev–Trinajstić information content (AvgIpc) is 3.33. The van der Waals surface area contributed by atoms with Gasteiger partial charge in [0, 0.05) is 11.3 Å². The Labute approximate surface area is 149 Å². The lowest BCUT2D eigenvalue weighted by Crippen LogP contribution is -2.03. The lowest BCUT2D eigenvalue weighted by atomic mass is 10.1. The Morgan fingerprint density at radius 2 is 1.96 bits per heavy atom. The van der Waals surface area contributed by atoms with Crippen molar-refractivity contribution >= 4 is 5.69 Å². The highest BCUT2D eigenvalue weighted by molar-refractivity contribution is 5.59. The zero-order valence-corrected chi connectivity index (χ0v) is 14.4. The van der Waals surface area contributed by atoms with E-state index >= 15 is 0 Å². The molecule has 0 atom stereocenters. The van der Waals surface area contributed by atoms with E-state index in [4.69, 9.17) is 4.52 Å². The summed E-state index contributed by atoms with van der Waals surface area (Å²) in [4.78, 5) is 4.48. The van der Waals surface area contributed by atoms with Crippen molar-refractivity contribution in [2.24, 2.45) is 0 Å². The van der Waals surface area contributed by atoms with Gasteiger partial charge in [-0.05, 0) is 47.5 Å². The zero-order valence-electron chi connectivity index (χ0n) is 14.4. The summed E-state index contributed by atoms with van der Waals surface area (Å²) in [6, 6.07) is 13.9. The van der Waals surface area contributed by atoms with E-state index < -0.39 is 0 Å². The summed E-state index contributed by atoms with van der Waals surface area (Å²) in [6.07, 6.45) is 1.56. The maximum atomic E-state index is 5.38. The number of benzene rings is 2. The molecule has 0 amide bonds. The molecule has 4 aromatic rings. The van der Waals surface area contributed by atoms with E-state index in [0.717, 1.165) is 28.1 Å². The zero-order chi connectivity index (χ0) is 17.9. The molecule has 26 heavy (non-hydrogen) atoms. The van der Waals surface area contributed by atoms with Crippen molar-refractivity contribution in [2.45, 2.75) is 20.4 Å². The largest absolute Gasteiger partial charge is 0.376 e. The third-order valence-electron chi connectivity index (χ3n) is 4.12. The highest BCUT2D eigenvalue weighted by Crippen LogP contribution is 2.22. The molecule has 2 aromatic heterocycles. The first-order valence-corrected chi connectivity index (χ1v) is 8.17. The van der Waals surface area contributed by atoms with Crippen molar-refractivity contribution in [3.05, 3.63) is 65.8 Å². The molecule has 0 saturated carbocycles. The van der Waals surface area contributed by atoms with E-state index in [9.17, 15) is 0 Å². The van der Waals surface area contributed by atoms with Gasteiger partial charge in [0.25, 0.3) is 0 Å². The van der Waals surface area contributed by atoms with Crippen LogP contribution in [0.25, 0.3) is 17.1 Å². The second kappa shape index (κ2) is 6.75. The van der Waals surface area contributed by atoms with Crippen LogP contribution in [0.4, 0.5) is 5.69 Å². The summed E-state index contributed by atoms with van der Waals surface area (Å²) < 4.78 is 6.98. The highest BCUT2D eigenvalue weighted by Gasteiger charge is 2.11. The molecular formula is C18H17N7O. The van der Waals surface area contributed by atoms with Crippen molar-refractivity contribution in [3.8, 4) is 17.1 Å². The van der Waals surface area contributed by atoms with Crippen molar-refractivity contribution in [3.63, 3.8) is 0 Å². The number of aromatic nitrogens is 6. The Bertz CT molecular complexity index is 1020. The van der Waals surface area contributed by atoms with Gasteiger partial charge in [-0.15, -0.1) is 5.10 Å². The van der Waals surface area contributed by atoms with Gasteiger partial charge in [0.1, 0.15) is 6.33 Å². The molecule has 0 saturated heterocycles. The predicted octanol–water partition coefficient (Wildman–Crippen LogP) is 2.94. The Balaban J connectivity index is 1.51. The molecule has 0 aliphatic heterocycles. The number of hydrogen-bond acceptors (Lipinski definition) is 7. The molecular weight excluding hydrogens is 330 g/mol. The fraction of sp³-hybridized carbons (Fsp3) is 0.167. The van der Waals surface area contributed by atoms with E-state index in [0.29, 0.717) is 18.3 Å². The third kappa shape index (κ3) is 3.16. The predicted molar refractivity (Wildman–Crippen MR) is 95.7 cm³/mol. The highest BCUT2D eigenvalue weighted by atomic mass is 16.5. The van der Waals surface area contributed by atoms with Crippen molar-refractivity contribution in [1.82, 2.24) is 30.3 Å². The van der Waals surface area contributed by atoms with E-state index in [1.807, 2.05) is 56.3 Å². The molecule has 0 aliphatic rings. The summed E-state index contributed by atoms with van der Waals surface area (Å²) in [7, 11) is 0. The Kier molecular flexibility index (Phi) is 4.14. The molecule has 0 aliphatic carbocycles. The quantitative estimate of drug-likeness (QED) is 0.593. The molecule has 8 heteroatoms. The van der Waals surface area contributed by atoms with Crippen LogP contribution in [0.15, 0.2) is 53.3 Å². The Morgan fingerprint density at radius 1 is 1.08 bits per heavy atom. The van der Waals surface area contributed by atoms with Gasteiger partial charge in [-0.2, -0.15) is 4.98 Å². The molecule has 0 unspecified atom stereocenters. The lowest BCUT2D eigenvalue weighted by Gasteiger charge is -2.09. The maximum absolute atomic E-state index is 5.38. The fourth-order valence-corrected chi connectivity index (χ4v) is 2.65. The number of hydrogen-bond donors (Lipinski definition) is 1. The van der Waals surface area contributed by atoms with Gasteiger partial charge < -0.3 is 9.84 Å². The van der Waals surface area contributed by atoms with Gasteiger partial charge in [0.2, 0.25) is 11.7 Å². The van der Waals surface area contributed by atoms with Crippen LogP contribution in [-0.4, -0.2) is 30.3 Å². The summed E-state index contributed by atoms with van der Waals surface area (Å²) in [6.45, 7) is 4.48. The van der Waals surface area contributed by atoms with Gasteiger partial charge in [0.05, 0.1) is 12.2 Å². The Hall–Kier alpha value is -3.55. The van der Waals surface area contributed by atoms with Crippen LogP contribution in [0.2, 0.25) is 0 Å². The molecule has 1 N–H and O–H groups in total. The van der Waals surface area contributed by atoms with Crippen molar-refractivity contribution in [2.75, 3.05) is 5.32 Å². The number of nitrogens with zero attached hydrogens (tertiary/aromatic N) is 6. The SMILES string of the molecule is Cc1ccc(-n2cnnn2)cc1NCc1nc(-c2ccccc2C)no1. The molecule has 4 rings (SSSR count). The standard InChI is InChI=1S/C18H17N7O/c1-12-5-3-4-6-15(12)18-21-17(26-22-18)10-19-16-9-14(8-7-13(16)2)25-11-20-23-24-25/h3-9,11,19H,10H2,1-2H3. The van der Waals surface area contributed by atoms with Crippen LogP contribution in [0, 0.1) is 13.8 Å². The molecule has 0 radical (unpaired) electrons. The monoisotopic (exact) mass is 347 g/mol. The van der Waals surface area contributed by atoms with E-state index in [-0.39, 0.29) is 0 Å². The van der Waals surface area contributed by atoms with Gasteiger partial charge >= 0.3 is 0 Å². The number of tetrazole rings is 1. The molecule has 0 spiro atoms. The number of nitrogens with one attached hydrogen (secondary N) is 1. The average molecular weight is 347 g/mol. The van der Waals surface area contributed by atoms with Crippen LogP contribution in [0.1, 0.15) is 17.0 Å². The minimum Gasteiger partial charge on any atom is -0.376 e. The number of aryl methyl sites for hydroxylation is 2. The van der Waals surface area contributed by atoms with Gasteiger partial charge in [-0.3, -0.25) is 0 Å². The molecule has 130 valence electrons. The summed E-state index contributed by atoms with van der Waals surface area (Å²) >= 11 is 0. The fourth-order valence-electron chi connectivity index (χ4n) is 2.65.